The van der Waals surface area contributed by atoms with E-state index in [1.54, 1.807) is 0 Å². The smallest absolute Gasteiger partial charge is 0.0412 e. The Hall–Kier alpha value is -1.27. The molecule has 0 aromatic heterocycles. The Morgan fingerprint density at radius 2 is 1.58 bits per heavy atom. The molecular formula is C18H21Cl. The fourth-order valence-electron chi connectivity index (χ4n) is 2.28. The van der Waals surface area contributed by atoms with E-state index in [9.17, 15) is 0 Å². The van der Waals surface area contributed by atoms with Crippen molar-refractivity contribution in [2.45, 2.75) is 40.0 Å². The van der Waals surface area contributed by atoms with Gasteiger partial charge in [0.25, 0.3) is 0 Å². The molecule has 0 aliphatic carbocycles. The van der Waals surface area contributed by atoms with Crippen molar-refractivity contribution in [1.82, 2.24) is 0 Å². The Kier molecular flexibility index (Phi) is 3.73. The molecule has 0 fully saturated rings. The first-order valence-corrected chi connectivity index (χ1v) is 7.04. The van der Waals surface area contributed by atoms with Crippen LogP contribution in [0.15, 0.2) is 36.4 Å². The van der Waals surface area contributed by atoms with Crippen molar-refractivity contribution in [3.8, 4) is 11.1 Å². The lowest BCUT2D eigenvalue weighted by molar-refractivity contribution is 0.590. The molecule has 2 aromatic rings. The van der Waals surface area contributed by atoms with Crippen LogP contribution in [0, 0.1) is 13.8 Å². The summed E-state index contributed by atoms with van der Waals surface area (Å²) in [7, 11) is 0. The average molecular weight is 273 g/mol. The summed E-state index contributed by atoms with van der Waals surface area (Å²) in [6, 6.07) is 12.9. The summed E-state index contributed by atoms with van der Waals surface area (Å²) in [6.07, 6.45) is 0. The molecule has 1 heteroatoms. The first kappa shape index (κ1) is 14.1. The molecule has 0 aliphatic heterocycles. The van der Waals surface area contributed by atoms with E-state index in [0.29, 0.717) is 0 Å². The van der Waals surface area contributed by atoms with Gasteiger partial charge < -0.3 is 0 Å². The van der Waals surface area contributed by atoms with Crippen molar-refractivity contribution >= 4 is 11.6 Å². The molecule has 0 unspecified atom stereocenters. The second-order valence-electron chi connectivity index (χ2n) is 6.30. The standard InChI is InChI=1S/C18H21Cl/c1-12-8-14(10-15(9-12)18(3,4)5)17-11-16(19)7-6-13(17)2/h6-11H,1-5H3. The topological polar surface area (TPSA) is 0 Å². The summed E-state index contributed by atoms with van der Waals surface area (Å²) < 4.78 is 0. The summed E-state index contributed by atoms with van der Waals surface area (Å²) in [5.41, 5.74) is 6.55. The average Bonchev–Trinajstić information content (AvgIpc) is 2.30. The van der Waals surface area contributed by atoms with E-state index in [1.807, 2.05) is 6.07 Å². The highest BCUT2D eigenvalue weighted by molar-refractivity contribution is 6.30. The summed E-state index contributed by atoms with van der Waals surface area (Å²) in [5, 5.41) is 0.791. The minimum absolute atomic E-state index is 0.160. The van der Waals surface area contributed by atoms with Crippen molar-refractivity contribution in [3.63, 3.8) is 0 Å². The van der Waals surface area contributed by atoms with Gasteiger partial charge in [0, 0.05) is 5.02 Å². The monoisotopic (exact) mass is 272 g/mol. The summed E-state index contributed by atoms with van der Waals surface area (Å²) in [6.45, 7) is 11.0. The van der Waals surface area contributed by atoms with Gasteiger partial charge in [-0.05, 0) is 53.6 Å². The van der Waals surface area contributed by atoms with Gasteiger partial charge in [0.15, 0.2) is 0 Å². The lowest BCUT2D eigenvalue weighted by Crippen LogP contribution is -2.11. The molecule has 0 saturated carbocycles. The van der Waals surface area contributed by atoms with Gasteiger partial charge >= 0.3 is 0 Å². The van der Waals surface area contributed by atoms with E-state index < -0.39 is 0 Å². The minimum Gasteiger partial charge on any atom is -0.0843 e. The van der Waals surface area contributed by atoms with Gasteiger partial charge in [-0.3, -0.25) is 0 Å². The lowest BCUT2D eigenvalue weighted by atomic mass is 9.84. The van der Waals surface area contributed by atoms with Crippen LogP contribution in [-0.4, -0.2) is 0 Å². The molecule has 100 valence electrons. The zero-order valence-electron chi connectivity index (χ0n) is 12.3. The third-order valence-electron chi connectivity index (χ3n) is 3.45. The van der Waals surface area contributed by atoms with Gasteiger partial charge in [-0.1, -0.05) is 62.2 Å². The van der Waals surface area contributed by atoms with E-state index in [-0.39, 0.29) is 5.41 Å². The van der Waals surface area contributed by atoms with Crippen LogP contribution < -0.4 is 0 Å². The Labute approximate surface area is 121 Å². The highest BCUT2D eigenvalue weighted by atomic mass is 35.5. The van der Waals surface area contributed by atoms with Crippen LogP contribution in [0.1, 0.15) is 37.5 Å². The normalized spacial score (nSPS) is 11.7. The fourth-order valence-corrected chi connectivity index (χ4v) is 2.45. The van der Waals surface area contributed by atoms with Crippen LogP contribution in [0.2, 0.25) is 5.02 Å². The third kappa shape index (κ3) is 3.19. The predicted molar refractivity (Wildman–Crippen MR) is 85.1 cm³/mol. The first-order valence-electron chi connectivity index (χ1n) is 6.66. The molecule has 0 bridgehead atoms. The summed E-state index contributed by atoms with van der Waals surface area (Å²) in [4.78, 5) is 0. The number of aryl methyl sites for hydroxylation is 2. The zero-order chi connectivity index (χ0) is 14.2. The lowest BCUT2D eigenvalue weighted by Gasteiger charge is -2.21. The predicted octanol–water partition coefficient (Wildman–Crippen LogP) is 5.92. The third-order valence-corrected chi connectivity index (χ3v) is 3.69. The van der Waals surface area contributed by atoms with Crippen molar-refractivity contribution in [2.24, 2.45) is 0 Å². The number of benzene rings is 2. The molecule has 2 rings (SSSR count). The first-order chi connectivity index (χ1) is 8.77. The molecule has 2 aromatic carbocycles. The van der Waals surface area contributed by atoms with Gasteiger partial charge in [0.1, 0.15) is 0 Å². The minimum atomic E-state index is 0.160. The number of hydrogen-bond donors (Lipinski definition) is 0. The quantitative estimate of drug-likeness (QED) is 0.604. The maximum absolute atomic E-state index is 6.14. The highest BCUT2D eigenvalue weighted by Gasteiger charge is 2.15. The molecule has 0 radical (unpaired) electrons. The van der Waals surface area contributed by atoms with E-state index in [2.05, 4.69) is 65.0 Å². The molecular weight excluding hydrogens is 252 g/mol. The zero-order valence-corrected chi connectivity index (χ0v) is 13.1. The van der Waals surface area contributed by atoms with Gasteiger partial charge in [0.2, 0.25) is 0 Å². The molecule has 0 spiro atoms. The van der Waals surface area contributed by atoms with Crippen LogP contribution in [0.25, 0.3) is 11.1 Å². The second-order valence-corrected chi connectivity index (χ2v) is 6.73. The van der Waals surface area contributed by atoms with Gasteiger partial charge in [-0.2, -0.15) is 0 Å². The Balaban J connectivity index is 2.63. The van der Waals surface area contributed by atoms with Crippen molar-refractivity contribution in [2.75, 3.05) is 0 Å². The maximum Gasteiger partial charge on any atom is 0.0412 e. The molecule has 0 nitrogen and oxygen atoms in total. The Bertz CT molecular complexity index is 604. The van der Waals surface area contributed by atoms with Crippen LogP contribution in [-0.2, 0) is 5.41 Å². The summed E-state index contributed by atoms with van der Waals surface area (Å²) >= 11 is 6.14. The van der Waals surface area contributed by atoms with E-state index >= 15 is 0 Å². The molecule has 0 saturated heterocycles. The van der Waals surface area contributed by atoms with Crippen molar-refractivity contribution in [1.29, 1.82) is 0 Å². The molecule has 19 heavy (non-hydrogen) atoms. The SMILES string of the molecule is Cc1cc(-c2cc(Cl)ccc2C)cc(C(C)(C)C)c1. The Morgan fingerprint density at radius 3 is 2.21 bits per heavy atom. The van der Waals surface area contributed by atoms with Crippen LogP contribution in [0.3, 0.4) is 0 Å². The molecule has 0 amide bonds. The van der Waals surface area contributed by atoms with Crippen LogP contribution in [0.5, 0.6) is 0 Å². The molecule has 0 heterocycles. The molecule has 0 aliphatic rings. The molecule has 0 atom stereocenters. The van der Waals surface area contributed by atoms with Gasteiger partial charge in [0.05, 0.1) is 0 Å². The van der Waals surface area contributed by atoms with Crippen LogP contribution in [0.4, 0.5) is 0 Å². The van der Waals surface area contributed by atoms with Gasteiger partial charge in [-0.25, -0.2) is 0 Å². The highest BCUT2D eigenvalue weighted by Crippen LogP contribution is 2.32. The van der Waals surface area contributed by atoms with E-state index in [0.717, 1.165) is 5.02 Å². The van der Waals surface area contributed by atoms with Gasteiger partial charge in [-0.15, -0.1) is 0 Å². The van der Waals surface area contributed by atoms with E-state index in [1.165, 1.54) is 27.8 Å². The number of rotatable bonds is 1. The second kappa shape index (κ2) is 5.02. The Morgan fingerprint density at radius 1 is 0.895 bits per heavy atom. The molecule has 0 N–H and O–H groups in total. The maximum atomic E-state index is 6.14. The van der Waals surface area contributed by atoms with Crippen molar-refractivity contribution < 1.29 is 0 Å². The van der Waals surface area contributed by atoms with Crippen LogP contribution >= 0.6 is 11.6 Å². The number of halogens is 1. The van der Waals surface area contributed by atoms with Crippen molar-refractivity contribution in [3.05, 3.63) is 58.1 Å². The largest absolute Gasteiger partial charge is 0.0843 e. The summed E-state index contributed by atoms with van der Waals surface area (Å²) in [5.74, 6) is 0. The number of hydrogen-bond acceptors (Lipinski definition) is 0. The van der Waals surface area contributed by atoms with E-state index in [4.69, 9.17) is 11.6 Å². The fraction of sp³-hybridized carbons (Fsp3) is 0.333.